The van der Waals surface area contributed by atoms with Crippen LogP contribution in [0.25, 0.3) is 0 Å². The Morgan fingerprint density at radius 2 is 2.25 bits per heavy atom. The normalized spacial score (nSPS) is 17.2. The van der Waals surface area contributed by atoms with Gasteiger partial charge in [0.2, 0.25) is 5.91 Å². The quantitative estimate of drug-likeness (QED) is 0.812. The minimum absolute atomic E-state index is 0.138. The van der Waals surface area contributed by atoms with Gasteiger partial charge in [0.15, 0.2) is 0 Å². The first-order valence-corrected chi connectivity index (χ1v) is 7.32. The maximum atomic E-state index is 12.4. The first-order valence-electron chi connectivity index (χ1n) is 7.32. The van der Waals surface area contributed by atoms with E-state index in [-0.39, 0.29) is 11.8 Å². The summed E-state index contributed by atoms with van der Waals surface area (Å²) in [4.78, 5) is 14.3. The number of ether oxygens (including phenoxy) is 1. The number of carbonyl (C=O) groups is 1. The fourth-order valence-electron chi connectivity index (χ4n) is 2.46. The molecule has 1 aromatic heterocycles. The molecule has 2 N–H and O–H groups in total. The first kappa shape index (κ1) is 15.0. The Morgan fingerprint density at radius 3 is 2.90 bits per heavy atom. The molecule has 6 heteroatoms. The summed E-state index contributed by atoms with van der Waals surface area (Å²) in [6, 6.07) is 0. The van der Waals surface area contributed by atoms with E-state index in [1.165, 1.54) is 0 Å². The molecule has 0 bridgehead atoms. The van der Waals surface area contributed by atoms with Crippen LogP contribution < -0.4 is 5.73 Å². The highest BCUT2D eigenvalue weighted by Crippen LogP contribution is 2.12. The highest BCUT2D eigenvalue weighted by Gasteiger charge is 2.25. The summed E-state index contributed by atoms with van der Waals surface area (Å²) >= 11 is 0. The number of nitrogens with zero attached hydrogens (tertiary/aromatic N) is 3. The molecule has 2 rings (SSSR count). The van der Waals surface area contributed by atoms with Crippen molar-refractivity contribution in [3.63, 3.8) is 0 Å². The lowest BCUT2D eigenvalue weighted by Crippen LogP contribution is -2.45. The number of amides is 1. The zero-order chi connectivity index (χ0) is 14.4. The Hall–Kier alpha value is -1.40. The van der Waals surface area contributed by atoms with Crippen molar-refractivity contribution in [3.05, 3.63) is 18.0 Å². The number of carbonyl (C=O) groups excluding carboxylic acids is 1. The third-order valence-corrected chi connectivity index (χ3v) is 3.58. The van der Waals surface area contributed by atoms with Crippen LogP contribution in [0.1, 0.15) is 18.9 Å². The molecule has 2 heterocycles. The summed E-state index contributed by atoms with van der Waals surface area (Å²) < 4.78 is 7.19. The number of morpholine rings is 1. The van der Waals surface area contributed by atoms with Gasteiger partial charge in [-0.1, -0.05) is 6.92 Å². The Morgan fingerprint density at radius 1 is 1.50 bits per heavy atom. The van der Waals surface area contributed by atoms with Crippen molar-refractivity contribution in [1.82, 2.24) is 14.7 Å². The van der Waals surface area contributed by atoms with Gasteiger partial charge < -0.3 is 15.4 Å². The SMILES string of the molecule is CCCn1cc(CC(CN)C(=O)N2CCOCC2)cn1. The van der Waals surface area contributed by atoms with Crippen LogP contribution >= 0.6 is 0 Å². The predicted octanol–water partition coefficient (Wildman–Crippen LogP) is 0.269. The number of hydrogen-bond donors (Lipinski definition) is 1. The van der Waals surface area contributed by atoms with Crippen molar-refractivity contribution < 1.29 is 9.53 Å². The highest BCUT2D eigenvalue weighted by molar-refractivity contribution is 5.79. The standard InChI is InChI=1S/C14H24N4O2/c1-2-3-18-11-12(10-16-18)8-13(9-15)14(19)17-4-6-20-7-5-17/h10-11,13H,2-9,15H2,1H3. The Kier molecular flexibility index (Phi) is 5.55. The van der Waals surface area contributed by atoms with Gasteiger partial charge in [0.1, 0.15) is 0 Å². The molecule has 0 aromatic carbocycles. The monoisotopic (exact) mass is 280 g/mol. The second-order valence-electron chi connectivity index (χ2n) is 5.19. The molecule has 6 nitrogen and oxygen atoms in total. The lowest BCUT2D eigenvalue weighted by molar-refractivity contribution is -0.139. The van der Waals surface area contributed by atoms with Gasteiger partial charge in [0.25, 0.3) is 0 Å². The lowest BCUT2D eigenvalue weighted by atomic mass is 10.00. The third kappa shape index (κ3) is 3.80. The summed E-state index contributed by atoms with van der Waals surface area (Å²) in [7, 11) is 0. The minimum Gasteiger partial charge on any atom is -0.378 e. The zero-order valence-electron chi connectivity index (χ0n) is 12.1. The maximum absolute atomic E-state index is 12.4. The summed E-state index contributed by atoms with van der Waals surface area (Å²) in [5.41, 5.74) is 6.87. The summed E-state index contributed by atoms with van der Waals surface area (Å²) in [6.07, 6.45) is 5.56. The molecule has 0 radical (unpaired) electrons. The van der Waals surface area contributed by atoms with Crippen molar-refractivity contribution in [2.45, 2.75) is 26.3 Å². The van der Waals surface area contributed by atoms with E-state index in [2.05, 4.69) is 12.0 Å². The molecule has 1 amide bonds. The van der Waals surface area contributed by atoms with Crippen molar-refractivity contribution in [2.75, 3.05) is 32.8 Å². The van der Waals surface area contributed by atoms with E-state index in [1.807, 2.05) is 22.0 Å². The fourth-order valence-corrected chi connectivity index (χ4v) is 2.46. The number of rotatable bonds is 6. The van der Waals surface area contributed by atoms with Crippen LogP contribution in [0.2, 0.25) is 0 Å². The van der Waals surface area contributed by atoms with Crippen LogP contribution in [0.5, 0.6) is 0 Å². The van der Waals surface area contributed by atoms with Gasteiger partial charge in [-0.05, 0) is 18.4 Å². The Labute approximate surface area is 119 Å². The minimum atomic E-state index is -0.160. The Balaban J connectivity index is 1.94. The van der Waals surface area contributed by atoms with Gasteiger partial charge in [-0.2, -0.15) is 5.10 Å². The van der Waals surface area contributed by atoms with Crippen molar-refractivity contribution in [1.29, 1.82) is 0 Å². The topological polar surface area (TPSA) is 73.4 Å². The molecule has 1 unspecified atom stereocenters. The predicted molar refractivity (Wildman–Crippen MR) is 76.2 cm³/mol. The number of aryl methyl sites for hydroxylation is 1. The van der Waals surface area contributed by atoms with Gasteiger partial charge in [-0.15, -0.1) is 0 Å². The molecule has 112 valence electrons. The lowest BCUT2D eigenvalue weighted by Gasteiger charge is -2.30. The number of aromatic nitrogens is 2. The fraction of sp³-hybridized carbons (Fsp3) is 0.714. The molecule has 20 heavy (non-hydrogen) atoms. The van der Waals surface area contributed by atoms with E-state index in [0.29, 0.717) is 39.3 Å². The van der Waals surface area contributed by atoms with E-state index in [1.54, 1.807) is 0 Å². The molecule has 1 aliphatic heterocycles. The van der Waals surface area contributed by atoms with Gasteiger partial charge in [-0.3, -0.25) is 9.48 Å². The molecule has 0 spiro atoms. The van der Waals surface area contributed by atoms with Crippen molar-refractivity contribution in [3.8, 4) is 0 Å². The van der Waals surface area contributed by atoms with Gasteiger partial charge in [0, 0.05) is 32.4 Å². The van der Waals surface area contributed by atoms with Crippen LogP contribution in [-0.4, -0.2) is 53.4 Å². The maximum Gasteiger partial charge on any atom is 0.227 e. The summed E-state index contributed by atoms with van der Waals surface area (Å²) in [5.74, 6) is -0.0218. The van der Waals surface area contributed by atoms with E-state index in [9.17, 15) is 4.79 Å². The average molecular weight is 280 g/mol. The number of nitrogens with two attached hydrogens (primary N) is 1. The average Bonchev–Trinajstić information content (AvgIpc) is 2.93. The molecule has 0 aliphatic carbocycles. The Bertz CT molecular complexity index is 427. The molecule has 1 saturated heterocycles. The van der Waals surface area contributed by atoms with E-state index >= 15 is 0 Å². The third-order valence-electron chi connectivity index (χ3n) is 3.58. The molecular formula is C14H24N4O2. The molecule has 1 aromatic rings. The summed E-state index contributed by atoms with van der Waals surface area (Å²) in [5, 5.41) is 4.30. The highest BCUT2D eigenvalue weighted by atomic mass is 16.5. The molecule has 1 aliphatic rings. The second kappa shape index (κ2) is 7.40. The molecular weight excluding hydrogens is 256 g/mol. The van der Waals surface area contributed by atoms with Crippen molar-refractivity contribution in [2.24, 2.45) is 11.7 Å². The van der Waals surface area contributed by atoms with E-state index in [0.717, 1.165) is 18.5 Å². The summed E-state index contributed by atoms with van der Waals surface area (Å²) in [6.45, 7) is 5.98. The largest absolute Gasteiger partial charge is 0.378 e. The molecule has 1 fully saturated rings. The van der Waals surface area contributed by atoms with Gasteiger partial charge in [0.05, 0.1) is 25.3 Å². The van der Waals surface area contributed by atoms with E-state index < -0.39 is 0 Å². The van der Waals surface area contributed by atoms with Crippen LogP contribution in [0.4, 0.5) is 0 Å². The second-order valence-corrected chi connectivity index (χ2v) is 5.19. The zero-order valence-corrected chi connectivity index (χ0v) is 12.1. The smallest absolute Gasteiger partial charge is 0.227 e. The van der Waals surface area contributed by atoms with Gasteiger partial charge >= 0.3 is 0 Å². The van der Waals surface area contributed by atoms with Crippen LogP contribution in [0.15, 0.2) is 12.4 Å². The number of hydrogen-bond acceptors (Lipinski definition) is 4. The van der Waals surface area contributed by atoms with Crippen LogP contribution in [0, 0.1) is 5.92 Å². The van der Waals surface area contributed by atoms with E-state index in [4.69, 9.17) is 10.5 Å². The van der Waals surface area contributed by atoms with Crippen molar-refractivity contribution >= 4 is 5.91 Å². The van der Waals surface area contributed by atoms with Crippen LogP contribution in [0.3, 0.4) is 0 Å². The first-order chi connectivity index (χ1) is 9.74. The molecule has 0 saturated carbocycles. The van der Waals surface area contributed by atoms with Gasteiger partial charge in [-0.25, -0.2) is 0 Å². The molecule has 1 atom stereocenters. The van der Waals surface area contributed by atoms with Crippen LogP contribution in [-0.2, 0) is 22.5 Å².